The Morgan fingerprint density at radius 3 is 2.77 bits per heavy atom. The molecule has 158 valence electrons. The first-order chi connectivity index (χ1) is 15.2. The molecule has 0 bridgehead atoms. The van der Waals surface area contributed by atoms with Gasteiger partial charge in [0.1, 0.15) is 23.3 Å². The molecule has 1 aliphatic carbocycles. The molecule has 5 nitrogen and oxygen atoms in total. The third kappa shape index (κ3) is 4.70. The predicted molar refractivity (Wildman–Crippen MR) is 124 cm³/mol. The molecule has 4 rings (SSSR count). The van der Waals surface area contributed by atoms with Gasteiger partial charge in [-0.15, -0.1) is 0 Å². The third-order valence-electron chi connectivity index (χ3n) is 5.67. The summed E-state index contributed by atoms with van der Waals surface area (Å²) in [6.45, 7) is 7.93. The fourth-order valence-corrected chi connectivity index (χ4v) is 3.87. The Hall–Kier alpha value is -3.36. The van der Waals surface area contributed by atoms with Gasteiger partial charge in [0.05, 0.1) is 17.7 Å². The van der Waals surface area contributed by atoms with Crippen LogP contribution in [0.25, 0.3) is 17.0 Å². The molecule has 0 fully saturated rings. The van der Waals surface area contributed by atoms with Gasteiger partial charge in [-0.05, 0) is 61.3 Å². The van der Waals surface area contributed by atoms with Gasteiger partial charge < -0.3 is 14.4 Å². The topological polar surface area (TPSA) is 58.4 Å². The summed E-state index contributed by atoms with van der Waals surface area (Å²) < 4.78 is 12.1. The number of pyridine rings is 1. The van der Waals surface area contributed by atoms with E-state index in [0.29, 0.717) is 23.7 Å². The second-order valence-corrected chi connectivity index (χ2v) is 7.58. The fraction of sp³-hybridized carbons (Fsp3) is 0.308. The Kier molecular flexibility index (Phi) is 6.49. The maximum Gasteiger partial charge on any atom is 0.139 e. The quantitative estimate of drug-likeness (QED) is 0.429. The van der Waals surface area contributed by atoms with Crippen molar-refractivity contribution < 1.29 is 9.47 Å². The van der Waals surface area contributed by atoms with Crippen LogP contribution in [-0.2, 0) is 6.42 Å². The van der Waals surface area contributed by atoms with E-state index >= 15 is 0 Å². The lowest BCUT2D eigenvalue weighted by Crippen LogP contribution is -2.25. The molecule has 0 saturated carbocycles. The van der Waals surface area contributed by atoms with Crippen LogP contribution in [0, 0.1) is 11.3 Å². The highest BCUT2D eigenvalue weighted by molar-refractivity contribution is 5.88. The second-order valence-electron chi connectivity index (χ2n) is 7.58. The van der Waals surface area contributed by atoms with Crippen molar-refractivity contribution in [1.29, 1.82) is 5.26 Å². The maximum atomic E-state index is 9.68. The Balaban J connectivity index is 1.54. The summed E-state index contributed by atoms with van der Waals surface area (Å²) in [7, 11) is 0. The molecular weight excluding hydrogens is 386 g/mol. The van der Waals surface area contributed by atoms with Crippen LogP contribution in [-0.4, -0.2) is 36.1 Å². The van der Waals surface area contributed by atoms with Gasteiger partial charge in [0.2, 0.25) is 0 Å². The lowest BCUT2D eigenvalue weighted by molar-refractivity contribution is 0.249. The Morgan fingerprint density at radius 2 is 1.97 bits per heavy atom. The van der Waals surface area contributed by atoms with E-state index in [0.717, 1.165) is 49.1 Å². The Bertz CT molecular complexity index is 1140. The molecule has 2 aromatic carbocycles. The van der Waals surface area contributed by atoms with Crippen LogP contribution in [0.1, 0.15) is 37.0 Å². The van der Waals surface area contributed by atoms with Crippen molar-refractivity contribution in [3.05, 3.63) is 65.4 Å². The molecule has 1 heterocycles. The van der Waals surface area contributed by atoms with Gasteiger partial charge in [-0.1, -0.05) is 32.1 Å². The number of benzene rings is 2. The summed E-state index contributed by atoms with van der Waals surface area (Å²) in [5.74, 6) is 2.02. The minimum absolute atomic E-state index is 0.491. The molecule has 5 heteroatoms. The average Bonchev–Trinajstić information content (AvgIpc) is 3.27. The minimum atomic E-state index is 0.491. The summed E-state index contributed by atoms with van der Waals surface area (Å²) in [5, 5.41) is 10.5. The molecule has 0 unspecified atom stereocenters. The van der Waals surface area contributed by atoms with E-state index in [2.05, 4.69) is 48.0 Å². The Labute approximate surface area is 183 Å². The molecular formula is C26H27N3O2. The van der Waals surface area contributed by atoms with E-state index in [1.807, 2.05) is 30.3 Å². The summed E-state index contributed by atoms with van der Waals surface area (Å²) >= 11 is 0. The van der Waals surface area contributed by atoms with Gasteiger partial charge in [0.15, 0.2) is 0 Å². The molecule has 0 spiro atoms. The zero-order valence-corrected chi connectivity index (χ0v) is 18.1. The van der Waals surface area contributed by atoms with Crippen LogP contribution >= 0.6 is 0 Å². The second kappa shape index (κ2) is 9.63. The summed E-state index contributed by atoms with van der Waals surface area (Å²) in [4.78, 5) is 6.83. The number of nitriles is 1. The van der Waals surface area contributed by atoms with Crippen molar-refractivity contribution in [2.24, 2.45) is 0 Å². The van der Waals surface area contributed by atoms with Gasteiger partial charge >= 0.3 is 0 Å². The molecule has 0 atom stereocenters. The molecule has 0 radical (unpaired) electrons. The van der Waals surface area contributed by atoms with E-state index in [-0.39, 0.29) is 0 Å². The molecule has 1 aliphatic rings. The largest absolute Gasteiger partial charge is 0.492 e. The Morgan fingerprint density at radius 1 is 1.10 bits per heavy atom. The van der Waals surface area contributed by atoms with Crippen LogP contribution in [0.2, 0.25) is 0 Å². The van der Waals surface area contributed by atoms with Crippen molar-refractivity contribution >= 4 is 17.0 Å². The highest BCUT2D eigenvalue weighted by atomic mass is 16.5. The molecule has 0 amide bonds. The number of hydrogen-bond acceptors (Lipinski definition) is 5. The first-order valence-electron chi connectivity index (χ1n) is 10.9. The number of rotatable bonds is 9. The van der Waals surface area contributed by atoms with Crippen molar-refractivity contribution in [1.82, 2.24) is 9.88 Å². The third-order valence-corrected chi connectivity index (χ3v) is 5.67. The number of aromatic nitrogens is 1. The zero-order valence-electron chi connectivity index (χ0n) is 18.1. The van der Waals surface area contributed by atoms with Crippen LogP contribution in [0.5, 0.6) is 17.2 Å². The van der Waals surface area contributed by atoms with Gasteiger partial charge in [-0.25, -0.2) is 0 Å². The normalized spacial score (nSPS) is 12.2. The summed E-state index contributed by atoms with van der Waals surface area (Å²) in [6.07, 6.45) is 7.87. The van der Waals surface area contributed by atoms with Crippen molar-refractivity contribution in [2.45, 2.75) is 26.7 Å². The van der Waals surface area contributed by atoms with E-state index in [9.17, 15) is 5.26 Å². The number of hydrogen-bond donors (Lipinski definition) is 0. The van der Waals surface area contributed by atoms with Crippen molar-refractivity contribution in [3.63, 3.8) is 0 Å². The van der Waals surface area contributed by atoms with Gasteiger partial charge in [0.25, 0.3) is 0 Å². The number of fused-ring (bicyclic) bond motifs is 2. The van der Waals surface area contributed by atoms with Gasteiger partial charge in [0, 0.05) is 24.2 Å². The van der Waals surface area contributed by atoms with Crippen molar-refractivity contribution in [2.75, 3.05) is 26.2 Å². The van der Waals surface area contributed by atoms with Crippen molar-refractivity contribution in [3.8, 4) is 23.3 Å². The van der Waals surface area contributed by atoms with Crippen LogP contribution < -0.4 is 9.47 Å². The molecule has 1 aromatic heterocycles. The van der Waals surface area contributed by atoms with E-state index in [1.165, 1.54) is 11.1 Å². The van der Waals surface area contributed by atoms with Gasteiger partial charge in [-0.2, -0.15) is 5.26 Å². The lowest BCUT2D eigenvalue weighted by atomic mass is 10.1. The van der Waals surface area contributed by atoms with E-state index in [1.54, 1.807) is 6.20 Å². The number of nitrogens with zero attached hydrogens (tertiary/aromatic N) is 3. The first-order valence-corrected chi connectivity index (χ1v) is 10.9. The molecule has 0 N–H and O–H groups in total. The summed E-state index contributed by atoms with van der Waals surface area (Å²) in [5.41, 5.74) is 3.73. The van der Waals surface area contributed by atoms with Crippen LogP contribution in [0.15, 0.2) is 48.7 Å². The lowest BCUT2D eigenvalue weighted by Gasteiger charge is -2.18. The standard InChI is InChI=1S/C26H27N3O2/c1-3-29(4-2)13-6-14-30-26-17-24-23(16-21(26)18-27)25(11-12-28-24)31-22-10-9-19-7-5-8-20(19)15-22/h5,8-12,15-17H,3-4,6-7,13-14H2,1-2H3. The predicted octanol–water partition coefficient (Wildman–Crippen LogP) is 5.58. The highest BCUT2D eigenvalue weighted by Crippen LogP contribution is 2.34. The summed E-state index contributed by atoms with van der Waals surface area (Å²) in [6, 6.07) is 13.9. The number of ether oxygens (including phenoxy) is 2. The maximum absolute atomic E-state index is 9.68. The molecule has 0 aliphatic heterocycles. The van der Waals surface area contributed by atoms with Crippen LogP contribution in [0.3, 0.4) is 0 Å². The van der Waals surface area contributed by atoms with E-state index < -0.39 is 0 Å². The monoisotopic (exact) mass is 413 g/mol. The zero-order chi connectivity index (χ0) is 21.6. The van der Waals surface area contributed by atoms with Crippen LogP contribution in [0.4, 0.5) is 0 Å². The van der Waals surface area contributed by atoms with E-state index in [4.69, 9.17) is 9.47 Å². The average molecular weight is 414 g/mol. The smallest absolute Gasteiger partial charge is 0.139 e. The fourth-order valence-electron chi connectivity index (χ4n) is 3.87. The first kappa shape index (κ1) is 20.9. The molecule has 0 saturated heterocycles. The van der Waals surface area contributed by atoms with Gasteiger partial charge in [-0.3, -0.25) is 4.98 Å². The highest BCUT2D eigenvalue weighted by Gasteiger charge is 2.13. The molecule has 3 aromatic rings. The minimum Gasteiger partial charge on any atom is -0.492 e. The number of allylic oxidation sites excluding steroid dienone is 1. The molecule has 31 heavy (non-hydrogen) atoms. The SMILES string of the molecule is CCN(CC)CCCOc1cc2nccc(Oc3ccc4c(c3)C=CC4)c2cc1C#N.